The van der Waals surface area contributed by atoms with Gasteiger partial charge in [0.1, 0.15) is 17.5 Å². The number of nitriles is 1. The van der Waals surface area contributed by atoms with Crippen molar-refractivity contribution in [3.8, 4) is 39.6 Å². The number of benzene rings is 3. The molecule has 0 spiro atoms. The Morgan fingerprint density at radius 2 is 1.19 bits per heavy atom. The van der Waals surface area contributed by atoms with Gasteiger partial charge in [-0.25, -0.2) is 26.9 Å². The summed E-state index contributed by atoms with van der Waals surface area (Å²) >= 11 is 0. The molecule has 158 valence electrons. The van der Waals surface area contributed by atoms with Crippen LogP contribution in [0.2, 0.25) is 0 Å². The number of hydrogen-bond donors (Lipinski definition) is 1. The number of nitrogens with zero attached hydrogens (tertiary/aromatic N) is 2. The van der Waals surface area contributed by atoms with E-state index in [4.69, 9.17) is 5.73 Å². The summed E-state index contributed by atoms with van der Waals surface area (Å²) in [6.45, 7) is 0. The molecule has 1 heterocycles. The molecule has 0 aliphatic carbocycles. The minimum atomic E-state index is -2.29. The summed E-state index contributed by atoms with van der Waals surface area (Å²) < 4.78 is 69.8. The van der Waals surface area contributed by atoms with Crippen LogP contribution in [0.3, 0.4) is 0 Å². The molecular formula is C24H12F5N3. The van der Waals surface area contributed by atoms with Crippen LogP contribution in [0.5, 0.6) is 0 Å². The molecule has 32 heavy (non-hydrogen) atoms. The molecule has 0 saturated carbocycles. The molecule has 0 aliphatic rings. The van der Waals surface area contributed by atoms with Gasteiger partial charge in [-0.2, -0.15) is 5.26 Å². The quantitative estimate of drug-likeness (QED) is 0.235. The fourth-order valence-electron chi connectivity index (χ4n) is 3.33. The first-order valence-electron chi connectivity index (χ1n) is 9.21. The van der Waals surface area contributed by atoms with Gasteiger partial charge in [0.2, 0.25) is 5.82 Å². The topological polar surface area (TPSA) is 62.7 Å². The van der Waals surface area contributed by atoms with E-state index in [1.807, 2.05) is 30.3 Å². The Kier molecular flexibility index (Phi) is 5.33. The van der Waals surface area contributed by atoms with Crippen molar-refractivity contribution in [3.63, 3.8) is 0 Å². The first-order chi connectivity index (χ1) is 15.3. The number of anilines is 1. The smallest absolute Gasteiger partial charge is 0.200 e. The summed E-state index contributed by atoms with van der Waals surface area (Å²) in [5.74, 6) is -11.1. The second-order valence-corrected chi connectivity index (χ2v) is 6.82. The number of nitrogen functional groups attached to an aromatic ring is 1. The molecule has 0 unspecified atom stereocenters. The highest BCUT2D eigenvalue weighted by Crippen LogP contribution is 2.37. The Hall–Kier alpha value is -4.25. The predicted octanol–water partition coefficient (Wildman–Crippen LogP) is 6.23. The van der Waals surface area contributed by atoms with Gasteiger partial charge >= 0.3 is 0 Å². The zero-order chi connectivity index (χ0) is 23.0. The lowest BCUT2D eigenvalue weighted by atomic mass is 9.96. The minimum Gasteiger partial charge on any atom is -0.383 e. The van der Waals surface area contributed by atoms with Crippen molar-refractivity contribution in [1.29, 1.82) is 5.26 Å². The molecule has 4 rings (SSSR count). The van der Waals surface area contributed by atoms with Gasteiger partial charge in [-0.1, -0.05) is 54.6 Å². The average Bonchev–Trinajstić information content (AvgIpc) is 2.82. The van der Waals surface area contributed by atoms with Gasteiger partial charge in [0.25, 0.3) is 0 Å². The van der Waals surface area contributed by atoms with Crippen LogP contribution in [0.4, 0.5) is 27.8 Å². The molecule has 0 bridgehead atoms. The SMILES string of the molecule is N#Cc1c(-c2c(F)c(F)c(F)c(F)c2F)cc(-c2ccc(-c3ccccc3)cc2)nc1N. The second kappa shape index (κ2) is 8.12. The van der Waals surface area contributed by atoms with Gasteiger partial charge in [0.05, 0.1) is 11.3 Å². The van der Waals surface area contributed by atoms with E-state index in [2.05, 4.69) is 4.98 Å². The molecule has 2 N–H and O–H groups in total. The van der Waals surface area contributed by atoms with Crippen molar-refractivity contribution in [1.82, 2.24) is 4.98 Å². The third kappa shape index (κ3) is 3.44. The Bertz CT molecular complexity index is 1350. The molecule has 8 heteroatoms. The molecule has 3 aromatic carbocycles. The van der Waals surface area contributed by atoms with Gasteiger partial charge < -0.3 is 5.73 Å². The van der Waals surface area contributed by atoms with E-state index in [1.54, 1.807) is 30.3 Å². The van der Waals surface area contributed by atoms with E-state index in [9.17, 15) is 27.2 Å². The maximum Gasteiger partial charge on any atom is 0.200 e. The van der Waals surface area contributed by atoms with Crippen LogP contribution in [0, 0.1) is 40.4 Å². The zero-order valence-electron chi connectivity index (χ0n) is 16.1. The van der Waals surface area contributed by atoms with Crippen molar-refractivity contribution in [2.75, 3.05) is 5.73 Å². The highest BCUT2D eigenvalue weighted by Gasteiger charge is 2.29. The van der Waals surface area contributed by atoms with Gasteiger partial charge in [-0.05, 0) is 17.2 Å². The molecule has 0 fully saturated rings. The third-order valence-corrected chi connectivity index (χ3v) is 4.93. The van der Waals surface area contributed by atoms with Crippen LogP contribution in [0.25, 0.3) is 33.5 Å². The maximum atomic E-state index is 14.4. The van der Waals surface area contributed by atoms with E-state index in [1.165, 1.54) is 0 Å². The molecule has 0 atom stereocenters. The number of nitrogens with two attached hydrogens (primary N) is 1. The molecular weight excluding hydrogens is 425 g/mol. The summed E-state index contributed by atoms with van der Waals surface area (Å²) in [5, 5.41) is 9.38. The Labute approximate surface area is 179 Å². The summed E-state index contributed by atoms with van der Waals surface area (Å²) in [7, 11) is 0. The standard InChI is InChI=1S/C24H12F5N3/c25-19-18(20(26)22(28)23(29)21(19)27)15-10-17(32-24(31)16(15)11-30)14-8-6-13(7-9-14)12-4-2-1-3-5-12/h1-10H,(H2,31,32). The zero-order valence-corrected chi connectivity index (χ0v) is 16.1. The first kappa shape index (κ1) is 21.0. The average molecular weight is 437 g/mol. The van der Waals surface area contributed by atoms with Gasteiger partial charge in [0, 0.05) is 11.1 Å². The lowest BCUT2D eigenvalue weighted by Gasteiger charge is -2.13. The summed E-state index contributed by atoms with van der Waals surface area (Å²) in [5.41, 5.74) is 5.90. The Morgan fingerprint density at radius 1 is 0.688 bits per heavy atom. The van der Waals surface area contributed by atoms with Crippen molar-refractivity contribution >= 4 is 5.82 Å². The number of hydrogen-bond acceptors (Lipinski definition) is 3. The van der Waals surface area contributed by atoms with Crippen molar-refractivity contribution in [2.45, 2.75) is 0 Å². The lowest BCUT2D eigenvalue weighted by molar-refractivity contribution is 0.381. The van der Waals surface area contributed by atoms with E-state index in [-0.39, 0.29) is 5.69 Å². The second-order valence-electron chi connectivity index (χ2n) is 6.82. The molecule has 0 aliphatic heterocycles. The number of rotatable bonds is 3. The third-order valence-electron chi connectivity index (χ3n) is 4.93. The van der Waals surface area contributed by atoms with Gasteiger partial charge in [0.15, 0.2) is 23.3 Å². The van der Waals surface area contributed by atoms with E-state index in [0.717, 1.165) is 17.2 Å². The molecule has 4 aromatic rings. The number of halogens is 5. The van der Waals surface area contributed by atoms with E-state index >= 15 is 0 Å². The highest BCUT2D eigenvalue weighted by molar-refractivity contribution is 5.81. The van der Waals surface area contributed by atoms with E-state index in [0.29, 0.717) is 5.56 Å². The summed E-state index contributed by atoms with van der Waals surface area (Å²) in [4.78, 5) is 4.07. The van der Waals surface area contributed by atoms with Crippen LogP contribution in [-0.2, 0) is 0 Å². The van der Waals surface area contributed by atoms with Crippen molar-refractivity contribution < 1.29 is 22.0 Å². The lowest BCUT2D eigenvalue weighted by Crippen LogP contribution is -2.07. The Balaban J connectivity index is 1.90. The molecule has 1 aromatic heterocycles. The summed E-state index contributed by atoms with van der Waals surface area (Å²) in [6, 6.07) is 19.0. The van der Waals surface area contributed by atoms with E-state index < -0.39 is 51.6 Å². The molecule has 3 nitrogen and oxygen atoms in total. The summed E-state index contributed by atoms with van der Waals surface area (Å²) in [6.07, 6.45) is 0. The fourth-order valence-corrected chi connectivity index (χ4v) is 3.33. The van der Waals surface area contributed by atoms with Crippen LogP contribution in [0.15, 0.2) is 60.7 Å². The monoisotopic (exact) mass is 437 g/mol. The first-order valence-corrected chi connectivity index (χ1v) is 9.21. The van der Waals surface area contributed by atoms with Gasteiger partial charge in [-0.3, -0.25) is 0 Å². The van der Waals surface area contributed by atoms with Crippen molar-refractivity contribution in [2.24, 2.45) is 0 Å². The highest BCUT2D eigenvalue weighted by atomic mass is 19.2. The predicted molar refractivity (Wildman–Crippen MR) is 109 cm³/mol. The van der Waals surface area contributed by atoms with Crippen molar-refractivity contribution in [3.05, 3.63) is 95.3 Å². The van der Waals surface area contributed by atoms with Crippen LogP contribution in [0.1, 0.15) is 5.56 Å². The molecule has 0 saturated heterocycles. The fraction of sp³-hybridized carbons (Fsp3) is 0. The normalized spacial score (nSPS) is 10.8. The maximum absolute atomic E-state index is 14.4. The van der Waals surface area contributed by atoms with Crippen LogP contribution in [-0.4, -0.2) is 4.98 Å². The van der Waals surface area contributed by atoms with Crippen LogP contribution >= 0.6 is 0 Å². The van der Waals surface area contributed by atoms with Crippen LogP contribution < -0.4 is 5.73 Å². The number of pyridine rings is 1. The molecule has 0 radical (unpaired) electrons. The number of aromatic nitrogens is 1. The molecule has 0 amide bonds. The largest absolute Gasteiger partial charge is 0.383 e. The Morgan fingerprint density at radius 3 is 1.75 bits per heavy atom. The van der Waals surface area contributed by atoms with Gasteiger partial charge in [-0.15, -0.1) is 0 Å². The minimum absolute atomic E-state index is 0.0973.